The van der Waals surface area contributed by atoms with E-state index in [1.54, 1.807) is 0 Å². The fourth-order valence-electron chi connectivity index (χ4n) is 2.05. The van der Waals surface area contributed by atoms with Crippen LogP contribution in [-0.2, 0) is 13.0 Å². The second-order valence-corrected chi connectivity index (χ2v) is 6.02. The van der Waals surface area contributed by atoms with Gasteiger partial charge in [-0.2, -0.15) is 0 Å². The molecule has 0 spiro atoms. The van der Waals surface area contributed by atoms with Crippen molar-refractivity contribution in [1.82, 2.24) is 5.32 Å². The summed E-state index contributed by atoms with van der Waals surface area (Å²) in [5.74, 6) is 0.862. The van der Waals surface area contributed by atoms with Gasteiger partial charge in [-0.25, -0.2) is 0 Å². The van der Waals surface area contributed by atoms with Crippen molar-refractivity contribution >= 4 is 11.3 Å². The number of hydrogen-bond donors (Lipinski definition) is 1. The minimum absolute atomic E-state index is 0.862. The van der Waals surface area contributed by atoms with E-state index < -0.39 is 0 Å². The zero-order valence-electron chi connectivity index (χ0n) is 11.6. The van der Waals surface area contributed by atoms with Crippen molar-refractivity contribution in [1.29, 1.82) is 0 Å². The average molecular weight is 253 g/mol. The number of unbranched alkanes of at least 4 members (excludes halogenated alkanes) is 1. The molecule has 0 bridgehead atoms. The normalized spacial score (nSPS) is 12.9. The molecule has 1 nitrogen and oxygen atoms in total. The Morgan fingerprint density at radius 2 is 1.94 bits per heavy atom. The van der Waals surface area contributed by atoms with Gasteiger partial charge >= 0.3 is 0 Å². The van der Waals surface area contributed by atoms with Crippen LogP contribution < -0.4 is 5.32 Å². The van der Waals surface area contributed by atoms with E-state index in [9.17, 15) is 0 Å². The van der Waals surface area contributed by atoms with Gasteiger partial charge in [-0.15, -0.1) is 11.3 Å². The summed E-state index contributed by atoms with van der Waals surface area (Å²) < 4.78 is 0. The van der Waals surface area contributed by atoms with Crippen molar-refractivity contribution in [2.45, 2.75) is 59.4 Å². The zero-order valence-corrected chi connectivity index (χ0v) is 12.4. The highest BCUT2D eigenvalue weighted by Crippen LogP contribution is 2.17. The Bertz CT molecular complexity index is 293. The maximum absolute atomic E-state index is 3.61. The SMILES string of the molecule is CCCCC(CC)CNCc1ccc(CC)s1. The molecule has 17 heavy (non-hydrogen) atoms. The van der Waals surface area contributed by atoms with Crippen LogP contribution in [0.15, 0.2) is 12.1 Å². The fraction of sp³-hybridized carbons (Fsp3) is 0.733. The van der Waals surface area contributed by atoms with Crippen molar-refractivity contribution in [2.24, 2.45) is 5.92 Å². The summed E-state index contributed by atoms with van der Waals surface area (Å²) in [5.41, 5.74) is 0. The number of hydrogen-bond acceptors (Lipinski definition) is 2. The maximum Gasteiger partial charge on any atom is 0.0299 e. The molecule has 1 aromatic heterocycles. The van der Waals surface area contributed by atoms with Crippen molar-refractivity contribution in [3.05, 3.63) is 21.9 Å². The Morgan fingerprint density at radius 3 is 2.53 bits per heavy atom. The van der Waals surface area contributed by atoms with Gasteiger partial charge in [0.05, 0.1) is 0 Å². The van der Waals surface area contributed by atoms with Gasteiger partial charge in [0.2, 0.25) is 0 Å². The predicted molar refractivity (Wildman–Crippen MR) is 78.7 cm³/mol. The lowest BCUT2D eigenvalue weighted by atomic mass is 9.99. The molecule has 0 aliphatic rings. The Morgan fingerprint density at radius 1 is 1.18 bits per heavy atom. The van der Waals surface area contributed by atoms with Gasteiger partial charge in [0, 0.05) is 16.3 Å². The first kappa shape index (κ1) is 14.7. The fourth-order valence-corrected chi connectivity index (χ4v) is 2.98. The van der Waals surface area contributed by atoms with Crippen molar-refractivity contribution in [3.8, 4) is 0 Å². The zero-order chi connectivity index (χ0) is 12.5. The molecule has 1 N–H and O–H groups in total. The molecule has 0 amide bonds. The molecule has 1 rings (SSSR count). The lowest BCUT2D eigenvalue weighted by molar-refractivity contribution is 0.420. The lowest BCUT2D eigenvalue weighted by Crippen LogP contribution is -2.21. The summed E-state index contributed by atoms with van der Waals surface area (Å²) in [6.45, 7) is 9.03. The molecule has 0 aliphatic heterocycles. The summed E-state index contributed by atoms with van der Waals surface area (Å²) in [6, 6.07) is 4.53. The second kappa shape index (κ2) is 8.71. The van der Waals surface area contributed by atoms with Crippen LogP contribution >= 0.6 is 11.3 Å². The molecule has 0 aliphatic carbocycles. The molecule has 0 fully saturated rings. The number of aryl methyl sites for hydroxylation is 1. The molecule has 1 unspecified atom stereocenters. The van der Waals surface area contributed by atoms with Gasteiger partial charge in [-0.05, 0) is 37.4 Å². The highest BCUT2D eigenvalue weighted by molar-refractivity contribution is 7.11. The maximum atomic E-state index is 3.61. The molecule has 2 heteroatoms. The largest absolute Gasteiger partial charge is 0.312 e. The summed E-state index contributed by atoms with van der Waals surface area (Å²) in [6.07, 6.45) is 6.54. The third kappa shape index (κ3) is 5.69. The van der Waals surface area contributed by atoms with E-state index in [4.69, 9.17) is 0 Å². The molecular weight excluding hydrogens is 226 g/mol. The average Bonchev–Trinajstić information content (AvgIpc) is 2.81. The molecule has 0 aromatic carbocycles. The smallest absolute Gasteiger partial charge is 0.0299 e. The van der Waals surface area contributed by atoms with Crippen LogP contribution in [0.3, 0.4) is 0 Å². The highest BCUT2D eigenvalue weighted by Gasteiger charge is 2.05. The van der Waals surface area contributed by atoms with E-state index in [0.717, 1.165) is 12.5 Å². The van der Waals surface area contributed by atoms with Crippen LogP contribution in [0, 0.1) is 5.92 Å². The Labute approximate surface area is 111 Å². The van der Waals surface area contributed by atoms with Crippen molar-refractivity contribution in [2.75, 3.05) is 6.54 Å². The second-order valence-electron chi connectivity index (χ2n) is 4.77. The van der Waals surface area contributed by atoms with E-state index >= 15 is 0 Å². The van der Waals surface area contributed by atoms with Crippen LogP contribution in [0.2, 0.25) is 0 Å². The molecule has 98 valence electrons. The third-order valence-corrected chi connectivity index (χ3v) is 4.57. The van der Waals surface area contributed by atoms with Gasteiger partial charge in [0.1, 0.15) is 0 Å². The molecule has 0 radical (unpaired) electrons. The highest BCUT2D eigenvalue weighted by atomic mass is 32.1. The van der Waals surface area contributed by atoms with Gasteiger partial charge in [-0.3, -0.25) is 0 Å². The first-order valence-electron chi connectivity index (χ1n) is 7.08. The van der Waals surface area contributed by atoms with Gasteiger partial charge in [-0.1, -0.05) is 40.0 Å². The minimum Gasteiger partial charge on any atom is -0.312 e. The number of rotatable bonds is 9. The van der Waals surface area contributed by atoms with Crippen LogP contribution in [-0.4, -0.2) is 6.54 Å². The Kier molecular flexibility index (Phi) is 7.54. The predicted octanol–water partition coefficient (Wildman–Crippen LogP) is 4.62. The first-order valence-corrected chi connectivity index (χ1v) is 7.90. The third-order valence-electron chi connectivity index (χ3n) is 3.34. The van der Waals surface area contributed by atoms with Crippen LogP contribution in [0.1, 0.15) is 56.2 Å². The quantitative estimate of drug-likeness (QED) is 0.677. The van der Waals surface area contributed by atoms with Crippen LogP contribution in [0.5, 0.6) is 0 Å². The molecule has 1 heterocycles. The molecule has 0 saturated heterocycles. The van der Waals surface area contributed by atoms with E-state index in [1.807, 2.05) is 11.3 Å². The minimum atomic E-state index is 0.862. The van der Waals surface area contributed by atoms with Crippen LogP contribution in [0.4, 0.5) is 0 Å². The standard InChI is InChI=1S/C15H27NS/c1-4-7-8-13(5-2)11-16-12-15-10-9-14(6-3)17-15/h9-10,13,16H,4-8,11-12H2,1-3H3. The molecule has 0 saturated carbocycles. The van der Waals surface area contributed by atoms with Crippen molar-refractivity contribution < 1.29 is 0 Å². The van der Waals surface area contributed by atoms with Gasteiger partial charge in [0.15, 0.2) is 0 Å². The van der Waals surface area contributed by atoms with Crippen LogP contribution in [0.25, 0.3) is 0 Å². The summed E-state index contributed by atoms with van der Waals surface area (Å²) in [5, 5.41) is 3.61. The van der Waals surface area contributed by atoms with E-state index in [-0.39, 0.29) is 0 Å². The lowest BCUT2D eigenvalue weighted by Gasteiger charge is -2.14. The first-order chi connectivity index (χ1) is 8.30. The molecule has 1 aromatic rings. The summed E-state index contributed by atoms with van der Waals surface area (Å²) in [4.78, 5) is 2.98. The topological polar surface area (TPSA) is 12.0 Å². The van der Waals surface area contributed by atoms with Gasteiger partial charge < -0.3 is 5.32 Å². The monoisotopic (exact) mass is 253 g/mol. The number of thiophene rings is 1. The Hall–Kier alpha value is -0.340. The van der Waals surface area contributed by atoms with E-state index in [0.29, 0.717) is 0 Å². The number of nitrogens with one attached hydrogen (secondary N) is 1. The molecule has 1 atom stereocenters. The van der Waals surface area contributed by atoms with Gasteiger partial charge in [0.25, 0.3) is 0 Å². The summed E-state index contributed by atoms with van der Waals surface area (Å²) >= 11 is 1.95. The molecular formula is C15H27NS. The summed E-state index contributed by atoms with van der Waals surface area (Å²) in [7, 11) is 0. The van der Waals surface area contributed by atoms with E-state index in [1.165, 1.54) is 48.4 Å². The van der Waals surface area contributed by atoms with Crippen molar-refractivity contribution in [3.63, 3.8) is 0 Å². The van der Waals surface area contributed by atoms with E-state index in [2.05, 4.69) is 38.2 Å². The Balaban J connectivity index is 2.21.